The fraction of sp³-hybridized carbons (Fsp3) is 0.0833. The Morgan fingerprint density at radius 3 is 2.61 bits per heavy atom. The van der Waals surface area contributed by atoms with Crippen molar-refractivity contribution in [2.24, 2.45) is 0 Å². The van der Waals surface area contributed by atoms with E-state index in [2.05, 4.69) is 36.8 Å². The van der Waals surface area contributed by atoms with Crippen molar-refractivity contribution in [2.45, 2.75) is 6.10 Å². The van der Waals surface area contributed by atoms with Crippen LogP contribution in [0.1, 0.15) is 17.4 Å². The molecule has 1 N–H and O–H groups in total. The molecule has 1 heterocycles. The molecule has 1 aromatic carbocycles. The van der Waals surface area contributed by atoms with Crippen LogP contribution in [0.2, 0.25) is 10.0 Å². The molecule has 94 valence electrons. The van der Waals surface area contributed by atoms with E-state index in [9.17, 15) is 5.11 Å². The normalized spacial score (nSPS) is 12.5. The lowest BCUT2D eigenvalue weighted by Gasteiger charge is -2.14. The highest BCUT2D eigenvalue weighted by atomic mass is 79.9. The standard InChI is InChI=1S/C12H7Br2Cl2NO/c13-6-4-8(14)11(17-5-6)12(18)7-2-1-3-9(15)10(7)16/h1-5,12,18H. The van der Waals surface area contributed by atoms with Crippen molar-refractivity contribution in [3.63, 3.8) is 0 Å². The van der Waals surface area contributed by atoms with Gasteiger partial charge in [-0.3, -0.25) is 4.98 Å². The minimum atomic E-state index is -0.932. The number of aliphatic hydroxyl groups excluding tert-OH is 1. The number of pyridine rings is 1. The molecule has 0 saturated carbocycles. The Morgan fingerprint density at radius 2 is 1.94 bits per heavy atom. The summed E-state index contributed by atoms with van der Waals surface area (Å²) in [5.74, 6) is 0. The first-order valence-electron chi connectivity index (χ1n) is 4.93. The van der Waals surface area contributed by atoms with E-state index in [4.69, 9.17) is 23.2 Å². The zero-order valence-electron chi connectivity index (χ0n) is 8.87. The molecule has 2 aromatic rings. The summed E-state index contributed by atoms with van der Waals surface area (Å²) >= 11 is 18.7. The van der Waals surface area contributed by atoms with E-state index in [0.29, 0.717) is 25.8 Å². The van der Waals surface area contributed by atoms with E-state index < -0.39 is 6.10 Å². The molecule has 6 heteroatoms. The van der Waals surface area contributed by atoms with Crippen molar-refractivity contribution in [1.82, 2.24) is 4.98 Å². The molecule has 0 fully saturated rings. The second-order valence-electron chi connectivity index (χ2n) is 3.57. The highest BCUT2D eigenvalue weighted by molar-refractivity contribution is 9.11. The van der Waals surface area contributed by atoms with Gasteiger partial charge in [0.2, 0.25) is 0 Å². The van der Waals surface area contributed by atoms with Crippen LogP contribution in [0.3, 0.4) is 0 Å². The van der Waals surface area contributed by atoms with Crippen molar-refractivity contribution in [2.75, 3.05) is 0 Å². The van der Waals surface area contributed by atoms with Gasteiger partial charge in [0.25, 0.3) is 0 Å². The van der Waals surface area contributed by atoms with E-state index in [-0.39, 0.29) is 0 Å². The number of nitrogens with zero attached hydrogens (tertiary/aromatic N) is 1. The van der Waals surface area contributed by atoms with Crippen LogP contribution in [-0.2, 0) is 0 Å². The Balaban J connectivity index is 2.48. The van der Waals surface area contributed by atoms with Crippen LogP contribution in [0.4, 0.5) is 0 Å². The maximum atomic E-state index is 10.3. The van der Waals surface area contributed by atoms with Gasteiger partial charge in [-0.2, -0.15) is 0 Å². The summed E-state index contributed by atoms with van der Waals surface area (Å²) in [5, 5.41) is 11.1. The van der Waals surface area contributed by atoms with Gasteiger partial charge in [-0.05, 0) is 44.0 Å². The van der Waals surface area contributed by atoms with Gasteiger partial charge in [-0.1, -0.05) is 35.3 Å². The van der Waals surface area contributed by atoms with E-state index in [1.807, 2.05) is 6.07 Å². The molecule has 1 unspecified atom stereocenters. The molecule has 0 radical (unpaired) electrons. The Bertz CT molecular complexity index is 592. The third-order valence-electron chi connectivity index (χ3n) is 2.37. The van der Waals surface area contributed by atoms with Crippen LogP contribution in [-0.4, -0.2) is 10.1 Å². The summed E-state index contributed by atoms with van der Waals surface area (Å²) in [5.41, 5.74) is 1.02. The molecule has 0 aliphatic heterocycles. The molecule has 1 atom stereocenters. The first-order chi connectivity index (χ1) is 8.50. The summed E-state index contributed by atoms with van der Waals surface area (Å²) < 4.78 is 1.52. The van der Waals surface area contributed by atoms with Crippen LogP contribution < -0.4 is 0 Å². The second-order valence-corrected chi connectivity index (χ2v) is 6.12. The molecule has 0 aliphatic carbocycles. The number of benzene rings is 1. The minimum absolute atomic E-state index is 0.336. The highest BCUT2D eigenvalue weighted by Gasteiger charge is 2.19. The quantitative estimate of drug-likeness (QED) is 0.754. The van der Waals surface area contributed by atoms with Gasteiger partial charge in [-0.25, -0.2) is 0 Å². The molecule has 0 bridgehead atoms. The van der Waals surface area contributed by atoms with Crippen LogP contribution >= 0.6 is 55.1 Å². The summed E-state index contributed by atoms with van der Waals surface area (Å²) in [6.45, 7) is 0. The van der Waals surface area contributed by atoms with Crippen LogP contribution in [0.15, 0.2) is 39.4 Å². The first kappa shape index (κ1) is 14.3. The molecule has 0 spiro atoms. The lowest BCUT2D eigenvalue weighted by atomic mass is 10.1. The summed E-state index contributed by atoms with van der Waals surface area (Å²) in [6, 6.07) is 6.93. The van der Waals surface area contributed by atoms with Gasteiger partial charge in [0, 0.05) is 20.7 Å². The van der Waals surface area contributed by atoms with Crippen molar-refractivity contribution in [3.05, 3.63) is 60.7 Å². The largest absolute Gasteiger partial charge is 0.382 e. The Kier molecular flexibility index (Phi) is 4.67. The number of halogens is 4. The Hall–Kier alpha value is -0.130. The molecule has 2 nitrogen and oxygen atoms in total. The number of hydrogen-bond donors (Lipinski definition) is 1. The van der Waals surface area contributed by atoms with E-state index >= 15 is 0 Å². The van der Waals surface area contributed by atoms with Crippen molar-refractivity contribution >= 4 is 55.1 Å². The highest BCUT2D eigenvalue weighted by Crippen LogP contribution is 2.35. The molecular formula is C12H7Br2Cl2NO. The van der Waals surface area contributed by atoms with Crippen LogP contribution in [0, 0.1) is 0 Å². The zero-order chi connectivity index (χ0) is 13.3. The minimum Gasteiger partial charge on any atom is -0.382 e. The summed E-state index contributed by atoms with van der Waals surface area (Å²) in [7, 11) is 0. The number of rotatable bonds is 2. The molecule has 1 aromatic heterocycles. The van der Waals surface area contributed by atoms with Gasteiger partial charge in [0.15, 0.2) is 0 Å². The molecular weight excluding hydrogens is 405 g/mol. The lowest BCUT2D eigenvalue weighted by molar-refractivity contribution is 0.214. The fourth-order valence-corrected chi connectivity index (χ4v) is 3.12. The monoisotopic (exact) mass is 409 g/mol. The summed E-state index contributed by atoms with van der Waals surface area (Å²) in [6.07, 6.45) is 0.681. The average molecular weight is 412 g/mol. The van der Waals surface area contributed by atoms with E-state index in [0.717, 1.165) is 4.47 Å². The van der Waals surface area contributed by atoms with Gasteiger partial charge >= 0.3 is 0 Å². The van der Waals surface area contributed by atoms with Gasteiger partial charge < -0.3 is 5.11 Å². The number of hydrogen-bond acceptors (Lipinski definition) is 2. The second kappa shape index (κ2) is 5.88. The van der Waals surface area contributed by atoms with E-state index in [1.165, 1.54) is 0 Å². The zero-order valence-corrected chi connectivity index (χ0v) is 13.6. The van der Waals surface area contributed by atoms with Gasteiger partial charge in [0.05, 0.1) is 15.7 Å². The molecule has 18 heavy (non-hydrogen) atoms. The predicted molar refractivity (Wildman–Crippen MR) is 80.2 cm³/mol. The number of aliphatic hydroxyl groups is 1. The Labute approximate surface area is 131 Å². The maximum absolute atomic E-state index is 10.3. The molecule has 0 aliphatic rings. The number of aromatic nitrogens is 1. The summed E-state index contributed by atoms with van der Waals surface area (Å²) in [4.78, 5) is 4.18. The maximum Gasteiger partial charge on any atom is 0.124 e. The lowest BCUT2D eigenvalue weighted by Crippen LogP contribution is -2.04. The first-order valence-corrected chi connectivity index (χ1v) is 7.28. The van der Waals surface area contributed by atoms with Crippen LogP contribution in [0.25, 0.3) is 0 Å². The molecule has 2 rings (SSSR count). The average Bonchev–Trinajstić information content (AvgIpc) is 2.32. The topological polar surface area (TPSA) is 33.1 Å². The fourth-order valence-electron chi connectivity index (χ4n) is 1.51. The molecule has 0 amide bonds. The third kappa shape index (κ3) is 2.89. The SMILES string of the molecule is OC(c1cccc(Cl)c1Cl)c1ncc(Br)cc1Br. The van der Waals surface area contributed by atoms with Crippen LogP contribution in [0.5, 0.6) is 0 Å². The van der Waals surface area contributed by atoms with E-state index in [1.54, 1.807) is 24.4 Å². The molecule has 0 saturated heterocycles. The smallest absolute Gasteiger partial charge is 0.124 e. The van der Waals surface area contributed by atoms with Crippen molar-refractivity contribution in [3.8, 4) is 0 Å². The van der Waals surface area contributed by atoms with Gasteiger partial charge in [-0.15, -0.1) is 0 Å². The van der Waals surface area contributed by atoms with Crippen molar-refractivity contribution < 1.29 is 5.11 Å². The van der Waals surface area contributed by atoms with Gasteiger partial charge in [0.1, 0.15) is 6.10 Å². The Morgan fingerprint density at radius 1 is 1.22 bits per heavy atom. The van der Waals surface area contributed by atoms with Crippen molar-refractivity contribution in [1.29, 1.82) is 0 Å². The third-order valence-corrected chi connectivity index (χ3v) is 4.27. The predicted octanol–water partition coefficient (Wildman–Crippen LogP) is 5.00.